The van der Waals surface area contributed by atoms with Crippen molar-refractivity contribution in [3.8, 4) is 5.69 Å². The van der Waals surface area contributed by atoms with Crippen LogP contribution in [0, 0.1) is 11.8 Å². The summed E-state index contributed by atoms with van der Waals surface area (Å²) in [5.74, 6) is -1.67. The number of amides is 1. The fourth-order valence-electron chi connectivity index (χ4n) is 3.24. The number of carbonyl (C=O) groups excluding carboxylic acids is 1. The van der Waals surface area contributed by atoms with Crippen molar-refractivity contribution < 1.29 is 19.4 Å². The van der Waals surface area contributed by atoms with Crippen LogP contribution in [0.1, 0.15) is 23.0 Å². The SMILES string of the molecule is COCc1c(C(=O)N2C[C@@H](C)[C@H](C(=O)O)C2)cnn1-c1ccccc1. The van der Waals surface area contributed by atoms with Gasteiger partial charge in [-0.25, -0.2) is 4.68 Å². The molecular formula is C18H21N3O4. The van der Waals surface area contributed by atoms with Crippen molar-refractivity contribution in [1.82, 2.24) is 14.7 Å². The van der Waals surface area contributed by atoms with Gasteiger partial charge in [0.1, 0.15) is 0 Å². The first kappa shape index (κ1) is 17.2. The Labute approximate surface area is 145 Å². The predicted octanol–water partition coefficient (Wildman–Crippen LogP) is 1.81. The Morgan fingerprint density at radius 2 is 2.00 bits per heavy atom. The second kappa shape index (κ2) is 7.06. The van der Waals surface area contributed by atoms with Crippen molar-refractivity contribution in [1.29, 1.82) is 0 Å². The normalized spacial score (nSPS) is 20.0. The number of carboxylic acid groups (broad SMARTS) is 1. The maximum atomic E-state index is 12.9. The van der Waals surface area contributed by atoms with Crippen LogP contribution in [0.2, 0.25) is 0 Å². The number of rotatable bonds is 5. The number of ether oxygens (including phenoxy) is 1. The summed E-state index contributed by atoms with van der Waals surface area (Å²) in [4.78, 5) is 25.8. The molecule has 0 radical (unpaired) electrons. The van der Waals surface area contributed by atoms with Gasteiger partial charge in [0.15, 0.2) is 0 Å². The highest BCUT2D eigenvalue weighted by atomic mass is 16.5. The summed E-state index contributed by atoms with van der Waals surface area (Å²) in [6, 6.07) is 9.51. The van der Waals surface area contributed by atoms with E-state index < -0.39 is 11.9 Å². The minimum atomic E-state index is -0.861. The van der Waals surface area contributed by atoms with Crippen LogP contribution in [-0.4, -0.2) is 51.9 Å². The van der Waals surface area contributed by atoms with E-state index >= 15 is 0 Å². The van der Waals surface area contributed by atoms with Gasteiger partial charge in [-0.3, -0.25) is 9.59 Å². The predicted molar refractivity (Wildman–Crippen MR) is 90.5 cm³/mol. The van der Waals surface area contributed by atoms with Crippen molar-refractivity contribution in [2.45, 2.75) is 13.5 Å². The van der Waals surface area contributed by atoms with E-state index in [1.54, 1.807) is 16.7 Å². The highest BCUT2D eigenvalue weighted by Gasteiger charge is 2.38. The van der Waals surface area contributed by atoms with Crippen LogP contribution in [0.15, 0.2) is 36.5 Å². The minimum absolute atomic E-state index is 0.0727. The third-order valence-corrected chi connectivity index (χ3v) is 4.60. The fourth-order valence-corrected chi connectivity index (χ4v) is 3.24. The minimum Gasteiger partial charge on any atom is -0.481 e. The Balaban J connectivity index is 1.91. The molecule has 0 spiro atoms. The third-order valence-electron chi connectivity index (χ3n) is 4.60. The number of nitrogens with zero attached hydrogens (tertiary/aromatic N) is 3. The number of aromatic nitrogens is 2. The summed E-state index contributed by atoms with van der Waals surface area (Å²) in [6.45, 7) is 2.74. The smallest absolute Gasteiger partial charge is 0.308 e. The zero-order valence-corrected chi connectivity index (χ0v) is 14.3. The molecule has 1 N–H and O–H groups in total. The molecule has 1 aliphatic heterocycles. The van der Waals surface area contributed by atoms with Gasteiger partial charge in [-0.2, -0.15) is 5.10 Å². The summed E-state index contributed by atoms with van der Waals surface area (Å²) in [5, 5.41) is 13.6. The first-order valence-corrected chi connectivity index (χ1v) is 8.16. The van der Waals surface area contributed by atoms with E-state index in [-0.39, 0.29) is 25.0 Å². The molecule has 1 aliphatic rings. The summed E-state index contributed by atoms with van der Waals surface area (Å²) < 4.78 is 6.94. The van der Waals surface area contributed by atoms with Crippen LogP contribution >= 0.6 is 0 Å². The molecule has 2 aromatic rings. The number of para-hydroxylation sites is 1. The van der Waals surface area contributed by atoms with E-state index in [1.807, 2.05) is 37.3 Å². The molecule has 3 rings (SSSR count). The number of carbonyl (C=O) groups is 2. The molecule has 1 fully saturated rings. The van der Waals surface area contributed by atoms with Crippen molar-refractivity contribution in [3.63, 3.8) is 0 Å². The molecule has 1 saturated heterocycles. The number of benzene rings is 1. The van der Waals surface area contributed by atoms with Gasteiger partial charge in [0, 0.05) is 20.2 Å². The maximum absolute atomic E-state index is 12.9. The van der Waals surface area contributed by atoms with Gasteiger partial charge in [0.2, 0.25) is 0 Å². The lowest BCUT2D eigenvalue weighted by molar-refractivity contribution is -0.142. The monoisotopic (exact) mass is 343 g/mol. The Kier molecular flexibility index (Phi) is 4.85. The summed E-state index contributed by atoms with van der Waals surface area (Å²) in [7, 11) is 1.56. The lowest BCUT2D eigenvalue weighted by Crippen LogP contribution is -2.30. The summed E-state index contributed by atoms with van der Waals surface area (Å²) in [5.41, 5.74) is 1.95. The van der Waals surface area contributed by atoms with Gasteiger partial charge >= 0.3 is 5.97 Å². The van der Waals surface area contributed by atoms with E-state index in [9.17, 15) is 14.7 Å². The van der Waals surface area contributed by atoms with E-state index in [4.69, 9.17) is 4.74 Å². The lowest BCUT2D eigenvalue weighted by Gasteiger charge is -2.16. The zero-order chi connectivity index (χ0) is 18.0. The second-order valence-electron chi connectivity index (χ2n) is 6.32. The van der Waals surface area contributed by atoms with Crippen LogP contribution in [0.3, 0.4) is 0 Å². The van der Waals surface area contributed by atoms with Gasteiger partial charge < -0.3 is 14.7 Å². The molecule has 2 heterocycles. The van der Waals surface area contributed by atoms with E-state index in [0.29, 0.717) is 17.8 Å². The Bertz CT molecular complexity index is 772. The zero-order valence-electron chi connectivity index (χ0n) is 14.3. The van der Waals surface area contributed by atoms with Gasteiger partial charge in [0.25, 0.3) is 5.91 Å². The number of hydrogen-bond acceptors (Lipinski definition) is 4. The average molecular weight is 343 g/mol. The number of methoxy groups -OCH3 is 1. The Morgan fingerprint density at radius 1 is 1.28 bits per heavy atom. The van der Waals surface area contributed by atoms with E-state index in [1.165, 1.54) is 6.20 Å². The van der Waals surface area contributed by atoms with Gasteiger partial charge in [-0.1, -0.05) is 25.1 Å². The first-order chi connectivity index (χ1) is 12.0. The Hall–Kier alpha value is -2.67. The number of aliphatic carboxylic acids is 1. The van der Waals surface area contributed by atoms with Gasteiger partial charge in [0.05, 0.1) is 35.7 Å². The van der Waals surface area contributed by atoms with Crippen LogP contribution < -0.4 is 0 Å². The molecule has 132 valence electrons. The number of carboxylic acids is 1. The quantitative estimate of drug-likeness (QED) is 0.895. The second-order valence-corrected chi connectivity index (χ2v) is 6.32. The molecule has 0 aliphatic carbocycles. The fraction of sp³-hybridized carbons (Fsp3) is 0.389. The van der Waals surface area contributed by atoms with Crippen LogP contribution in [-0.2, 0) is 16.1 Å². The third kappa shape index (κ3) is 3.28. The van der Waals surface area contributed by atoms with Crippen LogP contribution in [0.5, 0.6) is 0 Å². The van der Waals surface area contributed by atoms with E-state index in [2.05, 4.69) is 5.10 Å². The highest BCUT2D eigenvalue weighted by molar-refractivity contribution is 5.96. The molecule has 25 heavy (non-hydrogen) atoms. The molecular weight excluding hydrogens is 322 g/mol. The molecule has 7 nitrogen and oxygen atoms in total. The molecule has 0 bridgehead atoms. The summed E-state index contributed by atoms with van der Waals surface area (Å²) >= 11 is 0. The van der Waals surface area contributed by atoms with Crippen molar-refractivity contribution in [2.75, 3.05) is 20.2 Å². The largest absolute Gasteiger partial charge is 0.481 e. The molecule has 1 amide bonds. The van der Waals surface area contributed by atoms with Crippen LogP contribution in [0.25, 0.3) is 5.69 Å². The van der Waals surface area contributed by atoms with Crippen LogP contribution in [0.4, 0.5) is 0 Å². The maximum Gasteiger partial charge on any atom is 0.308 e. The molecule has 1 aromatic heterocycles. The van der Waals surface area contributed by atoms with Crippen molar-refractivity contribution in [2.24, 2.45) is 11.8 Å². The highest BCUT2D eigenvalue weighted by Crippen LogP contribution is 2.26. The molecule has 0 saturated carbocycles. The summed E-state index contributed by atoms with van der Waals surface area (Å²) in [6.07, 6.45) is 1.53. The average Bonchev–Trinajstić information content (AvgIpc) is 3.19. The van der Waals surface area contributed by atoms with Gasteiger partial charge in [-0.05, 0) is 18.1 Å². The Morgan fingerprint density at radius 3 is 2.60 bits per heavy atom. The number of hydrogen-bond donors (Lipinski definition) is 1. The molecule has 2 atom stereocenters. The molecule has 1 aromatic carbocycles. The van der Waals surface area contributed by atoms with E-state index in [0.717, 1.165) is 5.69 Å². The lowest BCUT2D eigenvalue weighted by atomic mass is 9.99. The van der Waals surface area contributed by atoms with Crippen molar-refractivity contribution >= 4 is 11.9 Å². The first-order valence-electron chi connectivity index (χ1n) is 8.16. The standard InChI is InChI=1S/C18H21N3O4/c1-12-9-20(10-15(12)18(23)24)17(22)14-8-19-21(16(14)11-25-2)13-6-4-3-5-7-13/h3-8,12,15H,9-11H2,1-2H3,(H,23,24)/t12-,15-/m1/s1. The number of likely N-dealkylation sites (tertiary alicyclic amines) is 1. The van der Waals surface area contributed by atoms with Gasteiger partial charge in [-0.15, -0.1) is 0 Å². The molecule has 0 unspecified atom stereocenters. The topological polar surface area (TPSA) is 84.7 Å². The molecule has 7 heteroatoms. The van der Waals surface area contributed by atoms with Crippen molar-refractivity contribution in [3.05, 3.63) is 47.8 Å².